The van der Waals surface area contributed by atoms with E-state index in [9.17, 15) is 9.59 Å². The highest BCUT2D eigenvalue weighted by atomic mass is 16.5. The molecule has 0 saturated carbocycles. The fourth-order valence-electron chi connectivity index (χ4n) is 3.10. The minimum absolute atomic E-state index is 0.126. The van der Waals surface area contributed by atoms with E-state index in [-0.39, 0.29) is 11.8 Å². The molecule has 0 saturated heterocycles. The van der Waals surface area contributed by atoms with Crippen LogP contribution in [0.25, 0.3) is 0 Å². The van der Waals surface area contributed by atoms with Gasteiger partial charge in [0.25, 0.3) is 11.8 Å². The van der Waals surface area contributed by atoms with Gasteiger partial charge >= 0.3 is 0 Å². The fourth-order valence-corrected chi connectivity index (χ4v) is 3.10. The molecule has 0 spiro atoms. The van der Waals surface area contributed by atoms with E-state index in [1.165, 1.54) is 18.0 Å². The number of methoxy groups -OCH3 is 1. The molecule has 1 aromatic carbocycles. The zero-order valence-corrected chi connectivity index (χ0v) is 14.9. The first kappa shape index (κ1) is 18.1. The van der Waals surface area contributed by atoms with Crippen molar-refractivity contribution in [1.82, 2.24) is 10.3 Å². The number of benzene rings is 1. The predicted octanol–water partition coefficient (Wildman–Crippen LogP) is 2.44. The lowest BCUT2D eigenvalue weighted by Gasteiger charge is -2.29. The van der Waals surface area contributed by atoms with Gasteiger partial charge in [-0.3, -0.25) is 14.6 Å². The summed E-state index contributed by atoms with van der Waals surface area (Å²) >= 11 is 0. The van der Waals surface area contributed by atoms with Crippen LogP contribution in [0.2, 0.25) is 0 Å². The maximum atomic E-state index is 13.0. The number of pyridine rings is 1. The van der Waals surface area contributed by atoms with Crippen LogP contribution in [-0.2, 0) is 11.2 Å². The number of rotatable bonds is 6. The number of anilines is 1. The van der Waals surface area contributed by atoms with Gasteiger partial charge in [0.2, 0.25) is 0 Å². The van der Waals surface area contributed by atoms with Crippen LogP contribution >= 0.6 is 0 Å². The number of fused-ring (bicyclic) bond motifs is 1. The van der Waals surface area contributed by atoms with Crippen molar-refractivity contribution < 1.29 is 14.3 Å². The van der Waals surface area contributed by atoms with E-state index in [0.717, 1.165) is 24.9 Å². The largest absolute Gasteiger partial charge is 0.385 e. The SMILES string of the molecule is COCCCNC(=O)c1cncc(C(=O)N2CCCc3ccccc32)c1. The molecule has 1 N–H and O–H groups in total. The van der Waals surface area contributed by atoms with Crippen LogP contribution in [0, 0.1) is 0 Å². The van der Waals surface area contributed by atoms with E-state index in [1.54, 1.807) is 18.1 Å². The summed E-state index contributed by atoms with van der Waals surface area (Å²) in [6, 6.07) is 9.55. The lowest BCUT2D eigenvalue weighted by atomic mass is 10.0. The second-order valence-electron chi connectivity index (χ2n) is 6.25. The third kappa shape index (κ3) is 4.08. The molecule has 1 aliphatic rings. The maximum Gasteiger partial charge on any atom is 0.259 e. The fraction of sp³-hybridized carbons (Fsp3) is 0.350. The average molecular weight is 353 g/mol. The first-order chi connectivity index (χ1) is 12.7. The van der Waals surface area contributed by atoms with E-state index in [0.29, 0.717) is 30.8 Å². The number of amides is 2. The smallest absolute Gasteiger partial charge is 0.259 e. The quantitative estimate of drug-likeness (QED) is 0.810. The molecule has 136 valence electrons. The van der Waals surface area contributed by atoms with Crippen LogP contribution in [0.4, 0.5) is 5.69 Å². The Labute approximate surface area is 153 Å². The highest BCUT2D eigenvalue weighted by Gasteiger charge is 2.24. The van der Waals surface area contributed by atoms with Crippen molar-refractivity contribution in [2.24, 2.45) is 0 Å². The molecule has 6 nitrogen and oxygen atoms in total. The second-order valence-corrected chi connectivity index (χ2v) is 6.25. The van der Waals surface area contributed by atoms with Gasteiger partial charge in [-0.05, 0) is 37.0 Å². The van der Waals surface area contributed by atoms with Gasteiger partial charge in [0, 0.05) is 44.9 Å². The van der Waals surface area contributed by atoms with Gasteiger partial charge in [0.15, 0.2) is 0 Å². The molecule has 0 atom stereocenters. The lowest BCUT2D eigenvalue weighted by molar-refractivity contribution is 0.0948. The number of aromatic nitrogens is 1. The second kappa shape index (κ2) is 8.58. The Bertz CT molecular complexity index is 791. The van der Waals surface area contributed by atoms with E-state index >= 15 is 0 Å². The van der Waals surface area contributed by atoms with Crippen LogP contribution in [0.3, 0.4) is 0 Å². The summed E-state index contributed by atoms with van der Waals surface area (Å²) in [4.78, 5) is 31.1. The molecular weight excluding hydrogens is 330 g/mol. The Morgan fingerprint density at radius 3 is 2.88 bits per heavy atom. The third-order valence-corrected chi connectivity index (χ3v) is 4.41. The minimum Gasteiger partial charge on any atom is -0.385 e. The molecule has 1 aliphatic heterocycles. The molecule has 1 aromatic heterocycles. The van der Waals surface area contributed by atoms with Crippen molar-refractivity contribution in [2.75, 3.05) is 31.7 Å². The summed E-state index contributed by atoms with van der Waals surface area (Å²) < 4.78 is 4.96. The third-order valence-electron chi connectivity index (χ3n) is 4.41. The number of aryl methyl sites for hydroxylation is 1. The van der Waals surface area contributed by atoms with Gasteiger partial charge in [-0.15, -0.1) is 0 Å². The molecule has 2 aromatic rings. The normalized spacial score (nSPS) is 13.2. The highest BCUT2D eigenvalue weighted by Crippen LogP contribution is 2.28. The number of para-hydroxylation sites is 1. The minimum atomic E-state index is -0.234. The van der Waals surface area contributed by atoms with Crippen LogP contribution in [0.1, 0.15) is 39.1 Å². The van der Waals surface area contributed by atoms with Crippen LogP contribution in [0.15, 0.2) is 42.7 Å². The lowest BCUT2D eigenvalue weighted by Crippen LogP contribution is -2.35. The molecule has 0 fully saturated rings. The van der Waals surface area contributed by atoms with Crippen molar-refractivity contribution in [3.8, 4) is 0 Å². The topological polar surface area (TPSA) is 71.5 Å². The molecule has 3 rings (SSSR count). The number of hydrogen-bond donors (Lipinski definition) is 1. The zero-order valence-electron chi connectivity index (χ0n) is 14.9. The van der Waals surface area contributed by atoms with Gasteiger partial charge in [-0.1, -0.05) is 18.2 Å². The van der Waals surface area contributed by atoms with Crippen LogP contribution in [0.5, 0.6) is 0 Å². The Morgan fingerprint density at radius 2 is 2.04 bits per heavy atom. The van der Waals surface area contributed by atoms with Crippen molar-refractivity contribution in [2.45, 2.75) is 19.3 Å². The van der Waals surface area contributed by atoms with Gasteiger partial charge in [-0.2, -0.15) is 0 Å². The maximum absolute atomic E-state index is 13.0. The molecular formula is C20H23N3O3. The number of nitrogens with zero attached hydrogens (tertiary/aromatic N) is 2. The van der Waals surface area contributed by atoms with Crippen molar-refractivity contribution in [1.29, 1.82) is 0 Å². The van der Waals surface area contributed by atoms with Crippen LogP contribution in [-0.4, -0.2) is 43.6 Å². The summed E-state index contributed by atoms with van der Waals surface area (Å²) in [5.41, 5.74) is 2.93. The standard InChI is InChI=1S/C20H23N3O3/c1-26-11-5-9-22-19(24)16-12-17(14-21-13-16)20(25)23-10-4-7-15-6-2-3-8-18(15)23/h2-3,6,8,12-14H,4-5,7,9-11H2,1H3,(H,22,24). The zero-order chi connectivity index (χ0) is 18.4. The molecule has 0 bridgehead atoms. The Balaban J connectivity index is 1.74. The van der Waals surface area contributed by atoms with Gasteiger partial charge in [0.1, 0.15) is 0 Å². The van der Waals surface area contributed by atoms with E-state index < -0.39 is 0 Å². The Hall–Kier alpha value is -2.73. The van der Waals surface area contributed by atoms with E-state index in [2.05, 4.69) is 16.4 Å². The highest BCUT2D eigenvalue weighted by molar-refractivity contribution is 6.08. The van der Waals surface area contributed by atoms with Crippen molar-refractivity contribution in [3.05, 3.63) is 59.4 Å². The van der Waals surface area contributed by atoms with Crippen molar-refractivity contribution >= 4 is 17.5 Å². The van der Waals surface area contributed by atoms with Crippen LogP contribution < -0.4 is 10.2 Å². The molecule has 0 aliphatic carbocycles. The summed E-state index contributed by atoms with van der Waals surface area (Å²) in [5, 5.41) is 2.81. The van der Waals surface area contributed by atoms with E-state index in [4.69, 9.17) is 4.74 Å². The number of carbonyl (C=O) groups excluding carboxylic acids is 2. The molecule has 0 radical (unpaired) electrons. The number of hydrogen-bond acceptors (Lipinski definition) is 4. The molecule has 2 heterocycles. The molecule has 6 heteroatoms. The predicted molar refractivity (Wildman–Crippen MR) is 99.5 cm³/mol. The van der Waals surface area contributed by atoms with Crippen molar-refractivity contribution in [3.63, 3.8) is 0 Å². The Kier molecular flexibility index (Phi) is 5.96. The summed E-state index contributed by atoms with van der Waals surface area (Å²) in [6.45, 7) is 1.78. The molecule has 0 unspecified atom stereocenters. The summed E-state index contributed by atoms with van der Waals surface area (Å²) in [6.07, 6.45) is 5.63. The van der Waals surface area contributed by atoms with E-state index in [1.807, 2.05) is 18.2 Å². The summed E-state index contributed by atoms with van der Waals surface area (Å²) in [7, 11) is 1.62. The molecule has 26 heavy (non-hydrogen) atoms. The molecule has 2 amide bonds. The number of nitrogens with one attached hydrogen (secondary N) is 1. The average Bonchev–Trinajstić information content (AvgIpc) is 2.70. The first-order valence-electron chi connectivity index (χ1n) is 8.82. The number of ether oxygens (including phenoxy) is 1. The number of carbonyl (C=O) groups is 2. The summed E-state index contributed by atoms with van der Waals surface area (Å²) in [5.74, 6) is -0.360. The first-order valence-corrected chi connectivity index (χ1v) is 8.82. The van der Waals surface area contributed by atoms with Gasteiger partial charge in [0.05, 0.1) is 11.1 Å². The monoisotopic (exact) mass is 353 g/mol. The van der Waals surface area contributed by atoms with Gasteiger partial charge < -0.3 is 15.0 Å². The van der Waals surface area contributed by atoms with Gasteiger partial charge in [-0.25, -0.2) is 0 Å². The Morgan fingerprint density at radius 1 is 1.23 bits per heavy atom.